The minimum absolute atomic E-state index is 0. The average molecular weight is 163 g/mol. The summed E-state index contributed by atoms with van der Waals surface area (Å²) in [6, 6.07) is 0. The fraction of sp³-hybridized carbons (Fsp3) is 0.167. The minimum Gasteiger partial charge on any atom is -0.405 e. The maximum atomic E-state index is 10.4. The van der Waals surface area contributed by atoms with Gasteiger partial charge in [0.1, 0.15) is 0 Å². The molecule has 3 nitrogen and oxygen atoms in total. The zero-order valence-electron chi connectivity index (χ0n) is 5.54. The molecule has 0 spiro atoms. The summed E-state index contributed by atoms with van der Waals surface area (Å²) in [5, 5.41) is 2.51. The zero-order valence-corrected chi connectivity index (χ0v) is 6.36. The first-order valence-corrected chi connectivity index (χ1v) is 2.58. The first-order chi connectivity index (χ1) is 4.31. The van der Waals surface area contributed by atoms with Crippen LogP contribution in [-0.4, -0.2) is 12.5 Å². The number of carbonyl (C=O) groups excluding carboxylic acids is 1. The summed E-state index contributed by atoms with van der Waals surface area (Å²) in [5.41, 5.74) is 5.00. The highest BCUT2D eigenvalue weighted by Gasteiger charge is 1.85. The molecule has 0 aliphatic rings. The van der Waals surface area contributed by atoms with Crippen molar-refractivity contribution in [2.45, 2.75) is 0 Å². The summed E-state index contributed by atoms with van der Waals surface area (Å²) in [4.78, 5) is 10.4. The van der Waals surface area contributed by atoms with Crippen LogP contribution in [0.1, 0.15) is 0 Å². The van der Waals surface area contributed by atoms with E-state index in [4.69, 9.17) is 5.73 Å². The molecule has 0 aromatic heterocycles. The first-order valence-electron chi connectivity index (χ1n) is 2.58. The van der Waals surface area contributed by atoms with Crippen LogP contribution in [0.15, 0.2) is 24.9 Å². The molecular weight excluding hydrogens is 152 g/mol. The van der Waals surface area contributed by atoms with Gasteiger partial charge >= 0.3 is 0 Å². The molecule has 0 rings (SSSR count). The van der Waals surface area contributed by atoms with Crippen LogP contribution in [0, 0.1) is 0 Å². The van der Waals surface area contributed by atoms with Crippen molar-refractivity contribution in [3.8, 4) is 0 Å². The molecule has 0 fully saturated rings. The molecule has 0 aromatic rings. The Morgan fingerprint density at radius 1 is 1.70 bits per heavy atom. The van der Waals surface area contributed by atoms with Crippen LogP contribution >= 0.6 is 12.4 Å². The van der Waals surface area contributed by atoms with E-state index in [-0.39, 0.29) is 18.3 Å². The lowest BCUT2D eigenvalue weighted by atomic mass is 10.5. The van der Waals surface area contributed by atoms with E-state index in [0.717, 1.165) is 0 Å². The fourth-order valence-corrected chi connectivity index (χ4v) is 0.300. The molecule has 0 heterocycles. The van der Waals surface area contributed by atoms with E-state index >= 15 is 0 Å². The number of nitrogens with two attached hydrogens (primary N) is 1. The Kier molecular flexibility index (Phi) is 9.48. The normalized spacial score (nSPS) is 8.40. The molecule has 0 aliphatic carbocycles. The molecule has 0 unspecified atom stereocenters. The Morgan fingerprint density at radius 3 is 2.70 bits per heavy atom. The number of hydrogen-bond donors (Lipinski definition) is 2. The van der Waals surface area contributed by atoms with Crippen LogP contribution < -0.4 is 11.1 Å². The topological polar surface area (TPSA) is 55.1 Å². The number of rotatable bonds is 3. The monoisotopic (exact) mass is 162 g/mol. The van der Waals surface area contributed by atoms with Crippen LogP contribution in [-0.2, 0) is 4.79 Å². The fourth-order valence-electron chi connectivity index (χ4n) is 0.300. The lowest BCUT2D eigenvalue weighted by molar-refractivity contribution is -0.116. The van der Waals surface area contributed by atoms with Crippen LogP contribution in [0.25, 0.3) is 0 Å². The quantitative estimate of drug-likeness (QED) is 0.582. The predicted molar refractivity (Wildman–Crippen MR) is 43.8 cm³/mol. The molecule has 0 aromatic carbocycles. The van der Waals surface area contributed by atoms with Gasteiger partial charge in [0.05, 0.1) is 0 Å². The number of carbonyl (C=O) groups is 1. The van der Waals surface area contributed by atoms with E-state index < -0.39 is 0 Å². The Balaban J connectivity index is 0. The molecule has 0 radical (unpaired) electrons. The third-order valence-corrected chi connectivity index (χ3v) is 0.716. The van der Waals surface area contributed by atoms with E-state index in [1.54, 1.807) is 6.08 Å². The van der Waals surface area contributed by atoms with Crippen molar-refractivity contribution in [1.82, 2.24) is 5.32 Å². The van der Waals surface area contributed by atoms with Crippen LogP contribution in [0.4, 0.5) is 0 Å². The number of hydrogen-bond acceptors (Lipinski definition) is 2. The second kappa shape index (κ2) is 8.04. The van der Waals surface area contributed by atoms with Gasteiger partial charge in [0, 0.05) is 6.54 Å². The van der Waals surface area contributed by atoms with Crippen molar-refractivity contribution in [3.63, 3.8) is 0 Å². The first kappa shape index (κ1) is 11.8. The van der Waals surface area contributed by atoms with Gasteiger partial charge in [-0.1, -0.05) is 6.58 Å². The highest BCUT2D eigenvalue weighted by atomic mass is 35.5. The second-order valence-corrected chi connectivity index (χ2v) is 1.38. The van der Waals surface area contributed by atoms with Crippen molar-refractivity contribution in [1.29, 1.82) is 0 Å². The van der Waals surface area contributed by atoms with Gasteiger partial charge in [-0.05, 0) is 18.4 Å². The van der Waals surface area contributed by atoms with E-state index in [9.17, 15) is 4.79 Å². The molecular formula is C6H11ClN2O. The van der Waals surface area contributed by atoms with Crippen molar-refractivity contribution in [3.05, 3.63) is 24.9 Å². The molecule has 10 heavy (non-hydrogen) atoms. The van der Waals surface area contributed by atoms with Gasteiger partial charge in [-0.25, -0.2) is 0 Å². The largest absolute Gasteiger partial charge is 0.405 e. The van der Waals surface area contributed by atoms with E-state index in [1.165, 1.54) is 12.3 Å². The Labute approximate surface area is 66.4 Å². The predicted octanol–water partition coefficient (Wildman–Crippen LogP) is 0.183. The summed E-state index contributed by atoms with van der Waals surface area (Å²) in [5.74, 6) is -0.187. The maximum absolute atomic E-state index is 10.4. The summed E-state index contributed by atoms with van der Waals surface area (Å²) >= 11 is 0. The molecule has 0 aliphatic heterocycles. The van der Waals surface area contributed by atoms with Gasteiger partial charge < -0.3 is 11.1 Å². The lowest BCUT2D eigenvalue weighted by Crippen LogP contribution is -2.20. The van der Waals surface area contributed by atoms with Gasteiger partial charge in [-0.15, -0.1) is 12.4 Å². The third kappa shape index (κ3) is 7.04. The van der Waals surface area contributed by atoms with Gasteiger partial charge in [0.25, 0.3) is 0 Å². The van der Waals surface area contributed by atoms with E-state index in [2.05, 4.69) is 11.9 Å². The van der Waals surface area contributed by atoms with Crippen LogP contribution in [0.5, 0.6) is 0 Å². The molecule has 0 bridgehead atoms. The minimum atomic E-state index is -0.187. The molecule has 3 N–H and O–H groups in total. The average Bonchev–Trinajstić information content (AvgIpc) is 1.89. The van der Waals surface area contributed by atoms with Gasteiger partial charge in [0.15, 0.2) is 0 Å². The van der Waals surface area contributed by atoms with Crippen LogP contribution in [0.2, 0.25) is 0 Å². The van der Waals surface area contributed by atoms with Gasteiger partial charge in [0.2, 0.25) is 5.91 Å². The molecule has 4 heteroatoms. The summed E-state index contributed by atoms with van der Waals surface area (Å²) in [7, 11) is 0. The van der Waals surface area contributed by atoms with Crippen molar-refractivity contribution in [2.75, 3.05) is 6.54 Å². The summed E-state index contributed by atoms with van der Waals surface area (Å²) in [6.45, 7) is 3.73. The molecule has 0 atom stereocenters. The highest BCUT2D eigenvalue weighted by Crippen LogP contribution is 1.66. The van der Waals surface area contributed by atoms with E-state index in [0.29, 0.717) is 6.54 Å². The molecule has 0 saturated carbocycles. The van der Waals surface area contributed by atoms with Crippen molar-refractivity contribution in [2.24, 2.45) is 5.73 Å². The molecule has 1 amide bonds. The molecule has 58 valence electrons. The number of halogens is 1. The number of nitrogens with one attached hydrogen (secondary N) is 1. The summed E-state index contributed by atoms with van der Waals surface area (Å²) < 4.78 is 0. The van der Waals surface area contributed by atoms with Crippen molar-refractivity contribution >= 4 is 18.3 Å². The second-order valence-electron chi connectivity index (χ2n) is 1.38. The van der Waals surface area contributed by atoms with Gasteiger partial charge in [-0.2, -0.15) is 0 Å². The molecule has 0 saturated heterocycles. The SMILES string of the molecule is C=CC(=O)NCC=CN.Cl. The summed E-state index contributed by atoms with van der Waals surface area (Å²) in [6.07, 6.45) is 4.23. The maximum Gasteiger partial charge on any atom is 0.243 e. The third-order valence-electron chi connectivity index (χ3n) is 0.716. The lowest BCUT2D eigenvalue weighted by Gasteiger charge is -1.92. The van der Waals surface area contributed by atoms with Crippen LogP contribution in [0.3, 0.4) is 0 Å². The van der Waals surface area contributed by atoms with Crippen molar-refractivity contribution < 1.29 is 4.79 Å². The van der Waals surface area contributed by atoms with Gasteiger partial charge in [-0.3, -0.25) is 4.79 Å². The smallest absolute Gasteiger partial charge is 0.243 e. The Bertz CT molecular complexity index is 134. The van der Waals surface area contributed by atoms with E-state index in [1.807, 2.05) is 0 Å². The Hall–Kier alpha value is -0.960. The Morgan fingerprint density at radius 2 is 2.30 bits per heavy atom. The highest BCUT2D eigenvalue weighted by molar-refractivity contribution is 5.86. The number of amides is 1. The zero-order chi connectivity index (χ0) is 7.11. The standard InChI is InChI=1S/C6H10N2O.ClH/c1-2-6(9)8-5-3-4-7;/h2-4H,1,5,7H2,(H,8,9);1H.